The van der Waals surface area contributed by atoms with Crippen LogP contribution in [0, 0.1) is 6.92 Å². The lowest BCUT2D eigenvalue weighted by atomic mass is 10.1. The highest BCUT2D eigenvalue weighted by Gasteiger charge is 2.04. The second-order valence-electron chi connectivity index (χ2n) is 3.69. The molecule has 1 aromatic carbocycles. The molecule has 1 aromatic heterocycles. The van der Waals surface area contributed by atoms with Gasteiger partial charge in [0.2, 0.25) is 5.91 Å². The van der Waals surface area contributed by atoms with Gasteiger partial charge in [0.25, 0.3) is 0 Å². The predicted octanol–water partition coefficient (Wildman–Crippen LogP) is 3.21. The Balaban J connectivity index is 2.33. The lowest BCUT2D eigenvalue weighted by Crippen LogP contribution is -2.06. The minimum absolute atomic E-state index is 0.0613. The number of benzene rings is 1. The second kappa shape index (κ2) is 4.23. The van der Waals surface area contributed by atoms with Gasteiger partial charge in [-0.2, -0.15) is 0 Å². The normalized spacial score (nSPS) is 10.1. The maximum Gasteiger partial charge on any atom is 0.221 e. The second-order valence-corrected chi connectivity index (χ2v) is 3.69. The molecule has 2 aromatic rings. The fourth-order valence-electron chi connectivity index (χ4n) is 1.59. The first-order chi connectivity index (χ1) is 7.66. The molecule has 1 amide bonds. The third-order valence-corrected chi connectivity index (χ3v) is 2.34. The van der Waals surface area contributed by atoms with Crippen molar-refractivity contribution in [3.8, 4) is 11.3 Å². The Morgan fingerprint density at radius 3 is 2.69 bits per heavy atom. The van der Waals surface area contributed by atoms with E-state index in [-0.39, 0.29) is 5.91 Å². The van der Waals surface area contributed by atoms with Crippen molar-refractivity contribution in [3.05, 3.63) is 42.2 Å². The van der Waals surface area contributed by atoms with Crippen LogP contribution in [0.5, 0.6) is 0 Å². The van der Waals surface area contributed by atoms with Gasteiger partial charge in [0.1, 0.15) is 5.76 Å². The fraction of sp³-hybridized carbons (Fsp3) is 0.154. The Morgan fingerprint density at radius 1 is 1.31 bits per heavy atom. The molecular weight excluding hydrogens is 202 g/mol. The summed E-state index contributed by atoms with van der Waals surface area (Å²) in [7, 11) is 0. The van der Waals surface area contributed by atoms with E-state index in [1.54, 1.807) is 6.26 Å². The fourth-order valence-corrected chi connectivity index (χ4v) is 1.59. The lowest BCUT2D eigenvalue weighted by molar-refractivity contribution is -0.114. The summed E-state index contributed by atoms with van der Waals surface area (Å²) in [5.41, 5.74) is 2.86. The average Bonchev–Trinajstić information content (AvgIpc) is 2.73. The van der Waals surface area contributed by atoms with Crippen LogP contribution >= 0.6 is 0 Å². The van der Waals surface area contributed by atoms with Crippen LogP contribution in [-0.2, 0) is 4.79 Å². The number of hydrogen-bond acceptors (Lipinski definition) is 2. The van der Waals surface area contributed by atoms with Gasteiger partial charge in [-0.15, -0.1) is 0 Å². The molecule has 1 heterocycles. The molecule has 0 radical (unpaired) electrons. The quantitative estimate of drug-likeness (QED) is 0.835. The summed E-state index contributed by atoms with van der Waals surface area (Å²) < 4.78 is 5.31. The molecule has 16 heavy (non-hydrogen) atoms. The summed E-state index contributed by atoms with van der Waals surface area (Å²) in [5, 5.41) is 2.78. The van der Waals surface area contributed by atoms with Crippen LogP contribution in [0.3, 0.4) is 0 Å². The number of nitrogens with one attached hydrogen (secondary N) is 1. The van der Waals surface area contributed by atoms with Crippen molar-refractivity contribution in [1.82, 2.24) is 0 Å². The van der Waals surface area contributed by atoms with Crippen LogP contribution in [0.15, 0.2) is 41.0 Å². The third-order valence-electron chi connectivity index (χ3n) is 2.34. The zero-order valence-electron chi connectivity index (χ0n) is 9.28. The molecule has 0 spiro atoms. The number of carbonyl (C=O) groups excluding carboxylic acids is 1. The molecule has 2 rings (SSSR count). The van der Waals surface area contributed by atoms with Crippen molar-refractivity contribution in [2.75, 3.05) is 5.32 Å². The van der Waals surface area contributed by atoms with Crippen LogP contribution in [0.1, 0.15) is 12.5 Å². The number of carbonyl (C=O) groups is 1. The first-order valence-electron chi connectivity index (χ1n) is 5.09. The van der Waals surface area contributed by atoms with E-state index in [4.69, 9.17) is 4.42 Å². The van der Waals surface area contributed by atoms with E-state index >= 15 is 0 Å². The highest BCUT2D eigenvalue weighted by molar-refractivity contribution is 5.89. The van der Waals surface area contributed by atoms with E-state index in [0.29, 0.717) is 0 Å². The van der Waals surface area contributed by atoms with Gasteiger partial charge in [-0.05, 0) is 42.8 Å². The summed E-state index contributed by atoms with van der Waals surface area (Å²) >= 11 is 0. The third kappa shape index (κ3) is 2.14. The Labute approximate surface area is 94.1 Å². The Hall–Kier alpha value is -2.03. The molecule has 0 aliphatic carbocycles. The van der Waals surface area contributed by atoms with E-state index in [1.807, 2.05) is 37.3 Å². The Bertz CT molecular complexity index is 501. The van der Waals surface area contributed by atoms with Gasteiger partial charge in [0, 0.05) is 18.2 Å². The van der Waals surface area contributed by atoms with Crippen molar-refractivity contribution in [3.63, 3.8) is 0 Å². The van der Waals surface area contributed by atoms with Gasteiger partial charge < -0.3 is 9.73 Å². The van der Waals surface area contributed by atoms with E-state index < -0.39 is 0 Å². The topological polar surface area (TPSA) is 42.2 Å². The molecule has 0 fully saturated rings. The predicted molar refractivity (Wildman–Crippen MR) is 63.2 cm³/mol. The number of rotatable bonds is 2. The van der Waals surface area contributed by atoms with Gasteiger partial charge >= 0.3 is 0 Å². The van der Waals surface area contributed by atoms with E-state index in [0.717, 1.165) is 22.6 Å². The number of hydrogen-bond donors (Lipinski definition) is 1. The van der Waals surface area contributed by atoms with Crippen LogP contribution in [0.2, 0.25) is 0 Å². The first kappa shape index (κ1) is 10.5. The molecule has 0 bridgehead atoms. The van der Waals surface area contributed by atoms with Gasteiger partial charge in [-0.1, -0.05) is 0 Å². The van der Waals surface area contributed by atoms with Crippen LogP contribution < -0.4 is 5.32 Å². The molecule has 3 nitrogen and oxygen atoms in total. The highest BCUT2D eigenvalue weighted by atomic mass is 16.3. The monoisotopic (exact) mass is 215 g/mol. The van der Waals surface area contributed by atoms with E-state index in [1.165, 1.54) is 6.92 Å². The van der Waals surface area contributed by atoms with Crippen molar-refractivity contribution >= 4 is 11.6 Å². The Kier molecular flexibility index (Phi) is 2.77. The largest absolute Gasteiger partial charge is 0.464 e. The zero-order valence-corrected chi connectivity index (χ0v) is 9.28. The van der Waals surface area contributed by atoms with Crippen molar-refractivity contribution in [1.29, 1.82) is 0 Å². The lowest BCUT2D eigenvalue weighted by Gasteiger charge is -2.07. The summed E-state index contributed by atoms with van der Waals surface area (Å²) in [6.07, 6.45) is 1.65. The first-order valence-corrected chi connectivity index (χ1v) is 5.09. The molecule has 3 heteroatoms. The van der Waals surface area contributed by atoms with Crippen LogP contribution in [0.4, 0.5) is 5.69 Å². The molecular formula is C13H13NO2. The van der Waals surface area contributed by atoms with E-state index in [2.05, 4.69) is 5.32 Å². The smallest absolute Gasteiger partial charge is 0.221 e. The van der Waals surface area contributed by atoms with Crippen molar-refractivity contribution < 1.29 is 9.21 Å². The number of aryl methyl sites for hydroxylation is 1. The van der Waals surface area contributed by atoms with Gasteiger partial charge in [0.15, 0.2) is 0 Å². The van der Waals surface area contributed by atoms with Gasteiger partial charge in [-0.3, -0.25) is 4.79 Å². The van der Waals surface area contributed by atoms with Gasteiger partial charge in [0.05, 0.1) is 6.26 Å². The summed E-state index contributed by atoms with van der Waals surface area (Å²) in [6, 6.07) is 9.56. The van der Waals surface area contributed by atoms with Gasteiger partial charge in [-0.25, -0.2) is 0 Å². The minimum atomic E-state index is -0.0613. The Morgan fingerprint density at radius 2 is 2.12 bits per heavy atom. The number of amides is 1. The average molecular weight is 215 g/mol. The summed E-state index contributed by atoms with van der Waals surface area (Å²) in [5.74, 6) is 0.770. The van der Waals surface area contributed by atoms with Crippen molar-refractivity contribution in [2.24, 2.45) is 0 Å². The molecule has 0 saturated heterocycles. The maximum absolute atomic E-state index is 10.9. The zero-order chi connectivity index (χ0) is 11.5. The molecule has 82 valence electrons. The summed E-state index contributed by atoms with van der Waals surface area (Å²) in [4.78, 5) is 10.9. The number of anilines is 1. The molecule has 0 unspecified atom stereocenters. The van der Waals surface area contributed by atoms with Crippen LogP contribution in [-0.4, -0.2) is 5.91 Å². The number of furan rings is 1. The standard InChI is InChI=1S/C13H13NO2/c1-9-8-11(13-4-3-7-16-13)5-6-12(9)14-10(2)15/h3-8H,1-2H3,(H,14,15). The molecule has 0 aliphatic heterocycles. The summed E-state index contributed by atoms with van der Waals surface area (Å²) in [6.45, 7) is 3.46. The molecule has 0 atom stereocenters. The minimum Gasteiger partial charge on any atom is -0.464 e. The molecule has 0 saturated carbocycles. The molecule has 0 aliphatic rings. The maximum atomic E-state index is 10.9. The SMILES string of the molecule is CC(=O)Nc1ccc(-c2ccco2)cc1C. The van der Waals surface area contributed by atoms with Crippen molar-refractivity contribution in [2.45, 2.75) is 13.8 Å². The van der Waals surface area contributed by atoms with E-state index in [9.17, 15) is 4.79 Å². The van der Waals surface area contributed by atoms with Crippen LogP contribution in [0.25, 0.3) is 11.3 Å². The molecule has 1 N–H and O–H groups in total. The highest BCUT2D eigenvalue weighted by Crippen LogP contribution is 2.24.